The molecule has 0 saturated heterocycles. The van der Waals surface area contributed by atoms with Gasteiger partial charge >= 0.3 is 0 Å². The molecule has 182 valence electrons. The smallest absolute Gasteiger partial charge is 0.273 e. The minimum absolute atomic E-state index is 0.111. The van der Waals surface area contributed by atoms with Crippen LogP contribution in [0.15, 0.2) is 53.1 Å². The van der Waals surface area contributed by atoms with Gasteiger partial charge in [-0.05, 0) is 61.4 Å². The molecule has 1 aliphatic heterocycles. The number of nitrogens with one attached hydrogen (secondary N) is 1. The molecular weight excluding hydrogens is 442 g/mol. The Morgan fingerprint density at radius 3 is 2.83 bits per heavy atom. The number of benzene rings is 2. The molecule has 0 spiro atoms. The van der Waals surface area contributed by atoms with Gasteiger partial charge in [-0.25, -0.2) is 4.98 Å². The molecule has 7 heteroatoms. The second kappa shape index (κ2) is 9.94. The van der Waals surface area contributed by atoms with Crippen molar-refractivity contribution in [1.82, 2.24) is 15.2 Å². The van der Waals surface area contributed by atoms with Gasteiger partial charge in [0.1, 0.15) is 12.0 Å². The summed E-state index contributed by atoms with van der Waals surface area (Å²) in [6, 6.07) is 14.3. The third kappa shape index (κ3) is 5.09. The van der Waals surface area contributed by atoms with Gasteiger partial charge in [0, 0.05) is 19.0 Å². The molecular formula is C28H31N3O4. The van der Waals surface area contributed by atoms with Crippen LogP contribution < -0.4 is 10.1 Å². The Morgan fingerprint density at radius 2 is 2.06 bits per heavy atom. The van der Waals surface area contributed by atoms with Crippen LogP contribution in [-0.2, 0) is 17.8 Å². The summed E-state index contributed by atoms with van der Waals surface area (Å²) < 4.78 is 11.4. The molecule has 5 rings (SSSR count). The lowest BCUT2D eigenvalue weighted by molar-refractivity contribution is -0.134. The highest BCUT2D eigenvalue weighted by Crippen LogP contribution is 2.41. The molecule has 35 heavy (non-hydrogen) atoms. The molecule has 0 radical (unpaired) electrons. The fourth-order valence-corrected chi connectivity index (χ4v) is 4.64. The zero-order valence-corrected chi connectivity index (χ0v) is 20.3. The molecule has 2 heterocycles. The SMILES string of the molecule is CCCNC(=O)c1coc(COc2ccc3c(c2)[C@H](c2cccc(C)c2)N(C(=O)C2CC2)CC3)n1. The maximum absolute atomic E-state index is 13.2. The normalized spacial score (nSPS) is 17.1. The first kappa shape index (κ1) is 23.1. The number of ether oxygens (including phenoxy) is 1. The predicted molar refractivity (Wildman–Crippen MR) is 131 cm³/mol. The molecule has 1 atom stereocenters. The van der Waals surface area contributed by atoms with Crippen molar-refractivity contribution in [3.8, 4) is 5.75 Å². The van der Waals surface area contributed by atoms with Crippen LogP contribution >= 0.6 is 0 Å². The lowest BCUT2D eigenvalue weighted by atomic mass is 9.87. The minimum Gasteiger partial charge on any atom is -0.484 e. The molecule has 1 N–H and O–H groups in total. The van der Waals surface area contributed by atoms with E-state index in [-0.39, 0.29) is 36.1 Å². The molecule has 3 aromatic rings. The number of aryl methyl sites for hydroxylation is 1. The van der Waals surface area contributed by atoms with Crippen molar-refractivity contribution in [2.45, 2.75) is 52.2 Å². The maximum atomic E-state index is 13.2. The molecule has 0 unspecified atom stereocenters. The average Bonchev–Trinajstić information content (AvgIpc) is 3.62. The summed E-state index contributed by atoms with van der Waals surface area (Å²) >= 11 is 0. The average molecular weight is 474 g/mol. The zero-order chi connectivity index (χ0) is 24.4. The summed E-state index contributed by atoms with van der Waals surface area (Å²) in [7, 11) is 0. The number of hydrogen-bond donors (Lipinski definition) is 1. The van der Waals surface area contributed by atoms with E-state index >= 15 is 0 Å². The van der Waals surface area contributed by atoms with E-state index in [9.17, 15) is 9.59 Å². The van der Waals surface area contributed by atoms with Crippen molar-refractivity contribution in [2.75, 3.05) is 13.1 Å². The summed E-state index contributed by atoms with van der Waals surface area (Å²) in [5, 5.41) is 2.79. The Morgan fingerprint density at radius 1 is 1.20 bits per heavy atom. The Balaban J connectivity index is 1.38. The van der Waals surface area contributed by atoms with E-state index in [1.807, 2.05) is 24.0 Å². The number of amides is 2. The summed E-state index contributed by atoms with van der Waals surface area (Å²) in [4.78, 5) is 31.6. The molecule has 2 amide bonds. The third-order valence-electron chi connectivity index (χ3n) is 6.60. The highest BCUT2D eigenvalue weighted by molar-refractivity contribution is 5.91. The first-order valence-corrected chi connectivity index (χ1v) is 12.4. The maximum Gasteiger partial charge on any atom is 0.273 e. The minimum atomic E-state index is -0.253. The molecule has 1 saturated carbocycles. The van der Waals surface area contributed by atoms with E-state index in [1.54, 1.807) is 0 Å². The van der Waals surface area contributed by atoms with Gasteiger partial charge in [0.25, 0.3) is 5.91 Å². The first-order valence-electron chi connectivity index (χ1n) is 12.4. The summed E-state index contributed by atoms with van der Waals surface area (Å²) in [5.41, 5.74) is 4.86. The van der Waals surface area contributed by atoms with E-state index in [0.29, 0.717) is 18.2 Å². The van der Waals surface area contributed by atoms with Crippen LogP contribution in [0, 0.1) is 12.8 Å². The molecule has 2 aromatic carbocycles. The second-order valence-electron chi connectivity index (χ2n) is 9.40. The van der Waals surface area contributed by atoms with Gasteiger partial charge < -0.3 is 19.4 Å². The monoisotopic (exact) mass is 473 g/mol. The van der Waals surface area contributed by atoms with Crippen LogP contribution in [0.4, 0.5) is 0 Å². The lowest BCUT2D eigenvalue weighted by Gasteiger charge is -2.38. The van der Waals surface area contributed by atoms with Crippen molar-refractivity contribution in [3.63, 3.8) is 0 Å². The van der Waals surface area contributed by atoms with E-state index in [0.717, 1.165) is 43.4 Å². The van der Waals surface area contributed by atoms with Crippen LogP contribution in [0.5, 0.6) is 5.75 Å². The van der Waals surface area contributed by atoms with Gasteiger partial charge in [0.15, 0.2) is 12.3 Å². The number of fused-ring (bicyclic) bond motifs is 1. The van der Waals surface area contributed by atoms with Gasteiger partial charge in [-0.15, -0.1) is 0 Å². The van der Waals surface area contributed by atoms with Gasteiger partial charge in [0.2, 0.25) is 11.8 Å². The Kier molecular flexibility index (Phi) is 6.57. The van der Waals surface area contributed by atoms with Crippen molar-refractivity contribution >= 4 is 11.8 Å². The summed E-state index contributed by atoms with van der Waals surface area (Å²) in [6.45, 7) is 5.49. The van der Waals surface area contributed by atoms with E-state index in [1.165, 1.54) is 17.4 Å². The van der Waals surface area contributed by atoms with Gasteiger partial charge in [-0.1, -0.05) is 42.8 Å². The number of oxazole rings is 1. The number of carbonyl (C=O) groups excluding carboxylic acids is 2. The molecule has 1 aromatic heterocycles. The standard InChI is InChI=1S/C28H31N3O4/c1-3-12-29-27(32)24-16-35-25(30-24)17-34-22-10-9-19-11-13-31(28(33)20-7-8-20)26(23(19)15-22)21-6-4-5-18(2)14-21/h4-6,9-10,14-16,20,26H,3,7-8,11-13,17H2,1-2H3,(H,29,32)/t26-/m0/s1. The quantitative estimate of drug-likeness (QED) is 0.517. The highest BCUT2D eigenvalue weighted by atomic mass is 16.5. The number of aromatic nitrogens is 1. The predicted octanol–water partition coefficient (Wildman–Crippen LogP) is 4.59. The zero-order valence-electron chi connectivity index (χ0n) is 20.3. The largest absolute Gasteiger partial charge is 0.484 e. The van der Waals surface area contributed by atoms with E-state index in [4.69, 9.17) is 9.15 Å². The van der Waals surface area contributed by atoms with Gasteiger partial charge in [0.05, 0.1) is 6.04 Å². The fraction of sp³-hybridized carbons (Fsp3) is 0.393. The topological polar surface area (TPSA) is 84.7 Å². The third-order valence-corrected chi connectivity index (χ3v) is 6.60. The van der Waals surface area contributed by atoms with Crippen LogP contribution in [0.1, 0.15) is 70.9 Å². The molecule has 7 nitrogen and oxygen atoms in total. The van der Waals surface area contributed by atoms with Crippen molar-refractivity contribution in [1.29, 1.82) is 0 Å². The van der Waals surface area contributed by atoms with Crippen LogP contribution in [0.25, 0.3) is 0 Å². The summed E-state index contributed by atoms with van der Waals surface area (Å²) in [5.74, 6) is 1.18. The summed E-state index contributed by atoms with van der Waals surface area (Å²) in [6.07, 6.45) is 5.00. The number of hydrogen-bond acceptors (Lipinski definition) is 5. The van der Waals surface area contributed by atoms with Crippen molar-refractivity contribution < 1.29 is 18.7 Å². The second-order valence-corrected chi connectivity index (χ2v) is 9.40. The van der Waals surface area contributed by atoms with E-state index < -0.39 is 0 Å². The number of nitrogens with zero attached hydrogens (tertiary/aromatic N) is 2. The highest BCUT2D eigenvalue weighted by Gasteiger charge is 2.39. The fourth-order valence-electron chi connectivity index (χ4n) is 4.64. The number of rotatable bonds is 8. The van der Waals surface area contributed by atoms with Crippen LogP contribution in [0.2, 0.25) is 0 Å². The molecule has 2 aliphatic rings. The van der Waals surface area contributed by atoms with E-state index in [2.05, 4.69) is 47.6 Å². The van der Waals surface area contributed by atoms with Gasteiger partial charge in [-0.3, -0.25) is 9.59 Å². The Bertz CT molecular complexity index is 1230. The Labute approximate surface area is 205 Å². The van der Waals surface area contributed by atoms with Crippen molar-refractivity contribution in [2.24, 2.45) is 5.92 Å². The molecule has 0 bridgehead atoms. The first-order chi connectivity index (χ1) is 17.0. The van der Waals surface area contributed by atoms with Gasteiger partial charge in [-0.2, -0.15) is 0 Å². The van der Waals surface area contributed by atoms with Crippen LogP contribution in [0.3, 0.4) is 0 Å². The lowest BCUT2D eigenvalue weighted by Crippen LogP contribution is -2.41. The number of carbonyl (C=O) groups is 2. The molecule has 1 fully saturated rings. The molecule has 1 aliphatic carbocycles. The van der Waals surface area contributed by atoms with Crippen molar-refractivity contribution in [3.05, 3.63) is 82.6 Å². The Hall–Kier alpha value is -3.61. The van der Waals surface area contributed by atoms with Crippen LogP contribution in [-0.4, -0.2) is 34.8 Å².